The van der Waals surface area contributed by atoms with Crippen LogP contribution in [-0.2, 0) is 9.53 Å². The Morgan fingerprint density at radius 1 is 1.83 bits per heavy atom. The van der Waals surface area contributed by atoms with Gasteiger partial charge in [-0.1, -0.05) is 0 Å². The zero-order chi connectivity index (χ0) is 9.19. The van der Waals surface area contributed by atoms with Crippen LogP contribution in [0.15, 0.2) is 0 Å². The van der Waals surface area contributed by atoms with Crippen LogP contribution in [0.1, 0.15) is 20.3 Å². The Morgan fingerprint density at radius 3 is 2.92 bits per heavy atom. The van der Waals surface area contributed by atoms with Crippen molar-refractivity contribution in [3.05, 3.63) is 0 Å². The van der Waals surface area contributed by atoms with Gasteiger partial charge in [0.05, 0.1) is 6.61 Å². The maximum absolute atomic E-state index is 11.3. The molecule has 0 aliphatic carbocycles. The molecule has 70 valence electrons. The molecular formula is C8H14O3S. The van der Waals surface area contributed by atoms with Crippen molar-refractivity contribution in [2.75, 3.05) is 12.4 Å². The Morgan fingerprint density at radius 2 is 2.50 bits per heavy atom. The molecule has 0 aromatic carbocycles. The van der Waals surface area contributed by atoms with E-state index in [0.29, 0.717) is 13.0 Å². The van der Waals surface area contributed by atoms with Crippen LogP contribution < -0.4 is 0 Å². The Bertz CT molecular complexity index is 183. The second-order valence-electron chi connectivity index (χ2n) is 2.91. The highest BCUT2D eigenvalue weighted by Gasteiger charge is 2.46. The van der Waals surface area contributed by atoms with Crippen molar-refractivity contribution in [2.24, 2.45) is 0 Å². The van der Waals surface area contributed by atoms with Crippen molar-refractivity contribution >= 4 is 17.7 Å². The number of hydrogen-bond donors (Lipinski definition) is 1. The van der Waals surface area contributed by atoms with E-state index in [1.165, 1.54) is 0 Å². The summed E-state index contributed by atoms with van der Waals surface area (Å²) in [5.41, 5.74) is -1.24. The minimum absolute atomic E-state index is 0.0449. The van der Waals surface area contributed by atoms with Crippen molar-refractivity contribution in [3.63, 3.8) is 0 Å². The van der Waals surface area contributed by atoms with Crippen LogP contribution in [0, 0.1) is 0 Å². The summed E-state index contributed by atoms with van der Waals surface area (Å²) in [5.74, 6) is 0.360. The van der Waals surface area contributed by atoms with Gasteiger partial charge < -0.3 is 9.84 Å². The number of rotatable bonds is 2. The van der Waals surface area contributed by atoms with E-state index in [9.17, 15) is 9.90 Å². The van der Waals surface area contributed by atoms with E-state index in [1.807, 2.05) is 6.92 Å². The average molecular weight is 190 g/mol. The van der Waals surface area contributed by atoms with Crippen LogP contribution in [0.3, 0.4) is 0 Å². The molecule has 4 heteroatoms. The molecular weight excluding hydrogens is 176 g/mol. The van der Waals surface area contributed by atoms with Crippen LogP contribution in [0.5, 0.6) is 0 Å². The molecule has 3 nitrogen and oxygen atoms in total. The molecule has 2 unspecified atom stereocenters. The van der Waals surface area contributed by atoms with Gasteiger partial charge in [0.15, 0.2) is 5.60 Å². The molecule has 1 aliphatic heterocycles. The van der Waals surface area contributed by atoms with Gasteiger partial charge in [0, 0.05) is 5.25 Å². The molecule has 0 aromatic heterocycles. The Balaban J connectivity index is 2.63. The molecule has 0 amide bonds. The minimum Gasteiger partial charge on any atom is -0.464 e. The average Bonchev–Trinajstić information content (AvgIpc) is 2.34. The van der Waals surface area contributed by atoms with E-state index in [4.69, 9.17) is 4.74 Å². The molecule has 1 aliphatic rings. The first-order valence-corrected chi connectivity index (χ1v) is 5.17. The molecule has 0 spiro atoms. The topological polar surface area (TPSA) is 46.5 Å². The van der Waals surface area contributed by atoms with Gasteiger partial charge in [0.2, 0.25) is 0 Å². The van der Waals surface area contributed by atoms with Crippen LogP contribution in [0.4, 0.5) is 0 Å². The smallest absolute Gasteiger partial charge is 0.339 e. The fourth-order valence-electron chi connectivity index (χ4n) is 1.26. The van der Waals surface area contributed by atoms with Crippen LogP contribution in [0.25, 0.3) is 0 Å². The maximum atomic E-state index is 11.3. The predicted molar refractivity (Wildman–Crippen MR) is 48.1 cm³/mol. The normalized spacial score (nSPS) is 35.1. The van der Waals surface area contributed by atoms with Crippen molar-refractivity contribution < 1.29 is 14.6 Å². The molecule has 2 atom stereocenters. The van der Waals surface area contributed by atoms with Gasteiger partial charge in [-0.05, 0) is 26.0 Å². The van der Waals surface area contributed by atoms with Gasteiger partial charge in [0.25, 0.3) is 0 Å². The number of aliphatic hydroxyl groups is 1. The van der Waals surface area contributed by atoms with Crippen molar-refractivity contribution in [3.8, 4) is 0 Å². The fourth-order valence-corrected chi connectivity index (χ4v) is 2.53. The van der Waals surface area contributed by atoms with E-state index in [1.54, 1.807) is 18.7 Å². The summed E-state index contributed by atoms with van der Waals surface area (Å²) in [4.78, 5) is 11.3. The first-order chi connectivity index (χ1) is 5.61. The highest BCUT2D eigenvalue weighted by atomic mass is 32.2. The van der Waals surface area contributed by atoms with Crippen LogP contribution in [0.2, 0.25) is 0 Å². The lowest BCUT2D eigenvalue weighted by Gasteiger charge is -2.23. The van der Waals surface area contributed by atoms with Crippen molar-refractivity contribution in [2.45, 2.75) is 31.1 Å². The molecule has 0 saturated carbocycles. The monoisotopic (exact) mass is 190 g/mol. The second-order valence-corrected chi connectivity index (χ2v) is 4.36. The molecule has 0 aromatic rings. The molecule has 1 saturated heterocycles. The number of esters is 1. The molecule has 1 N–H and O–H groups in total. The second kappa shape index (κ2) is 3.66. The fraction of sp³-hybridized carbons (Fsp3) is 0.875. The number of hydrogen-bond acceptors (Lipinski definition) is 4. The first kappa shape index (κ1) is 9.86. The summed E-state index contributed by atoms with van der Waals surface area (Å²) in [6.07, 6.45) is 0.512. The van der Waals surface area contributed by atoms with Crippen molar-refractivity contribution in [1.82, 2.24) is 0 Å². The zero-order valence-electron chi connectivity index (χ0n) is 7.37. The van der Waals surface area contributed by atoms with E-state index in [-0.39, 0.29) is 5.25 Å². The Labute approximate surface area is 76.5 Å². The molecule has 1 heterocycles. The van der Waals surface area contributed by atoms with E-state index in [2.05, 4.69) is 0 Å². The lowest BCUT2D eigenvalue weighted by Crippen LogP contribution is -2.44. The lowest BCUT2D eigenvalue weighted by atomic mass is 9.98. The van der Waals surface area contributed by atoms with Gasteiger partial charge >= 0.3 is 5.97 Å². The third kappa shape index (κ3) is 1.59. The number of thioether (sulfide) groups is 1. The maximum Gasteiger partial charge on any atom is 0.339 e. The summed E-state index contributed by atoms with van der Waals surface area (Å²) in [7, 11) is 0. The summed E-state index contributed by atoms with van der Waals surface area (Å²) in [6, 6.07) is 0. The number of carbonyl (C=O) groups is 1. The highest BCUT2D eigenvalue weighted by molar-refractivity contribution is 8.00. The molecule has 12 heavy (non-hydrogen) atoms. The highest BCUT2D eigenvalue weighted by Crippen LogP contribution is 2.36. The molecule has 1 fully saturated rings. The lowest BCUT2D eigenvalue weighted by molar-refractivity contribution is -0.164. The molecule has 0 bridgehead atoms. The summed E-state index contributed by atoms with van der Waals surface area (Å²) in [6.45, 7) is 3.93. The van der Waals surface area contributed by atoms with Gasteiger partial charge in [-0.25, -0.2) is 4.79 Å². The number of ether oxygens (including phenoxy) is 1. The van der Waals surface area contributed by atoms with E-state index in [0.717, 1.165) is 5.75 Å². The molecule has 0 radical (unpaired) electrons. The summed E-state index contributed by atoms with van der Waals surface area (Å²) < 4.78 is 4.80. The van der Waals surface area contributed by atoms with E-state index < -0.39 is 11.6 Å². The van der Waals surface area contributed by atoms with Crippen molar-refractivity contribution in [1.29, 1.82) is 0 Å². The Hall–Kier alpha value is -0.220. The summed E-state index contributed by atoms with van der Waals surface area (Å²) in [5, 5.41) is 9.82. The van der Waals surface area contributed by atoms with Gasteiger partial charge in [-0.2, -0.15) is 11.8 Å². The minimum atomic E-state index is -1.24. The largest absolute Gasteiger partial charge is 0.464 e. The number of carbonyl (C=O) groups excluding carboxylic acids is 1. The van der Waals surface area contributed by atoms with Crippen LogP contribution >= 0.6 is 11.8 Å². The third-order valence-electron chi connectivity index (χ3n) is 2.15. The SMILES string of the molecule is CCOC(=O)C1(O)CCSC1C. The van der Waals surface area contributed by atoms with Crippen LogP contribution in [-0.4, -0.2) is 34.3 Å². The zero-order valence-corrected chi connectivity index (χ0v) is 8.19. The Kier molecular flexibility index (Phi) is 3.01. The van der Waals surface area contributed by atoms with Gasteiger partial charge in [-0.15, -0.1) is 0 Å². The molecule has 1 rings (SSSR count). The summed E-state index contributed by atoms with van der Waals surface area (Å²) >= 11 is 1.61. The quantitative estimate of drug-likeness (QED) is 0.654. The van der Waals surface area contributed by atoms with Gasteiger partial charge in [0.1, 0.15) is 0 Å². The third-order valence-corrected chi connectivity index (χ3v) is 3.48. The van der Waals surface area contributed by atoms with E-state index >= 15 is 0 Å². The predicted octanol–water partition coefficient (Wildman–Crippen LogP) is 0.806. The standard InChI is InChI=1S/C8H14O3S/c1-3-11-7(9)8(10)4-5-12-6(8)2/h6,10H,3-5H2,1-2H3. The van der Waals surface area contributed by atoms with Gasteiger partial charge in [-0.3, -0.25) is 0 Å². The first-order valence-electron chi connectivity index (χ1n) is 4.12.